The highest BCUT2D eigenvalue weighted by molar-refractivity contribution is 7.16. The molecular formula is C51H60F2N14O5S. The lowest BCUT2D eigenvalue weighted by Gasteiger charge is -2.30. The molecule has 1 aromatic carbocycles. The maximum absolute atomic E-state index is 15.4. The number of phenolic OH excluding ortho intramolecular Hbond substituents is 1. The summed E-state index contributed by atoms with van der Waals surface area (Å²) < 4.78 is 43.1. The number of nitrogens with zero attached hydrogens (tertiary/aromatic N) is 12. The van der Waals surface area contributed by atoms with Crippen molar-refractivity contribution < 1.29 is 32.7 Å². The average molecular weight is 1020 g/mol. The SMILES string of the molecule is CC(C)[C@@H](C(=O)N1CCC[C@H]1C(=O)N[C@@H](C)c1ccc(-c2ccncc2F)c(F)c1O)n1cc(OCCCCN2CCCN(c3nccc(-c4noc([C@@]5(C)CCCc6sc(N)c(C#N)c65)n4)n3)[C@@H](C)C2)nn1. The molecule has 0 bridgehead atoms. The lowest BCUT2D eigenvalue weighted by atomic mass is 9.72. The lowest BCUT2D eigenvalue weighted by Crippen LogP contribution is -2.49. The van der Waals surface area contributed by atoms with Crippen molar-refractivity contribution in [1.82, 2.24) is 55.2 Å². The van der Waals surface area contributed by atoms with Gasteiger partial charge in [-0.2, -0.15) is 10.2 Å². The van der Waals surface area contributed by atoms with Crippen LogP contribution in [0.25, 0.3) is 22.6 Å². The summed E-state index contributed by atoms with van der Waals surface area (Å²) in [6.07, 6.45) is 11.8. The van der Waals surface area contributed by atoms with Gasteiger partial charge in [0.15, 0.2) is 11.6 Å². The Balaban J connectivity index is 0.750. The van der Waals surface area contributed by atoms with Gasteiger partial charge in [0.2, 0.25) is 29.5 Å². The van der Waals surface area contributed by atoms with Gasteiger partial charge in [0.25, 0.3) is 5.88 Å². The Hall–Kier alpha value is -7.12. The molecule has 5 aromatic heterocycles. The van der Waals surface area contributed by atoms with E-state index in [0.29, 0.717) is 65.8 Å². The number of carbonyl (C=O) groups excluding carboxylic acids is 2. The highest BCUT2D eigenvalue weighted by Crippen LogP contribution is 2.48. The Morgan fingerprint density at radius 2 is 1.92 bits per heavy atom. The molecule has 7 heterocycles. The minimum Gasteiger partial charge on any atom is -0.505 e. The Morgan fingerprint density at radius 3 is 2.71 bits per heavy atom. The molecule has 9 rings (SSSR count). The van der Waals surface area contributed by atoms with E-state index in [-0.39, 0.29) is 34.6 Å². The summed E-state index contributed by atoms with van der Waals surface area (Å²) in [4.78, 5) is 53.3. The molecule has 73 heavy (non-hydrogen) atoms. The van der Waals surface area contributed by atoms with Gasteiger partial charge < -0.3 is 40.1 Å². The fourth-order valence-corrected chi connectivity index (χ4v) is 11.8. The van der Waals surface area contributed by atoms with E-state index < -0.39 is 46.8 Å². The van der Waals surface area contributed by atoms with E-state index in [0.717, 1.165) is 81.3 Å². The zero-order valence-electron chi connectivity index (χ0n) is 41.6. The molecule has 1 aliphatic carbocycles. The van der Waals surface area contributed by atoms with Gasteiger partial charge >= 0.3 is 0 Å². The Kier molecular flexibility index (Phi) is 15.0. The van der Waals surface area contributed by atoms with Crippen LogP contribution >= 0.6 is 11.3 Å². The summed E-state index contributed by atoms with van der Waals surface area (Å²) in [6, 6.07) is 5.92. The summed E-state index contributed by atoms with van der Waals surface area (Å²) in [7, 11) is 0. The fraction of sp³-hybridized carbons (Fsp3) is 0.490. The van der Waals surface area contributed by atoms with E-state index >= 15 is 4.39 Å². The number of carbonyl (C=O) groups is 2. The highest BCUT2D eigenvalue weighted by atomic mass is 32.1. The van der Waals surface area contributed by atoms with Gasteiger partial charge in [0, 0.05) is 65.2 Å². The van der Waals surface area contributed by atoms with Crippen LogP contribution in [0.5, 0.6) is 11.6 Å². The number of pyridine rings is 1. The van der Waals surface area contributed by atoms with Crippen LogP contribution in [0.15, 0.2) is 53.6 Å². The van der Waals surface area contributed by atoms with Gasteiger partial charge in [0.1, 0.15) is 34.7 Å². The molecule has 0 spiro atoms. The number of nitrogens with one attached hydrogen (secondary N) is 1. The van der Waals surface area contributed by atoms with Crippen LogP contribution in [-0.2, 0) is 21.4 Å². The fourth-order valence-electron chi connectivity index (χ4n) is 10.6. The highest BCUT2D eigenvalue weighted by Gasteiger charge is 2.44. The molecule has 19 nitrogen and oxygen atoms in total. The van der Waals surface area contributed by atoms with E-state index in [2.05, 4.69) is 53.5 Å². The number of halogens is 2. The Morgan fingerprint density at radius 1 is 1.08 bits per heavy atom. The number of unbranched alkanes of at least 4 members (excludes halogenated alkanes) is 1. The third-order valence-electron chi connectivity index (χ3n) is 14.4. The van der Waals surface area contributed by atoms with Crippen molar-refractivity contribution in [2.75, 3.05) is 50.0 Å². The van der Waals surface area contributed by atoms with Crippen molar-refractivity contribution in [2.45, 2.75) is 116 Å². The van der Waals surface area contributed by atoms with Crippen LogP contribution in [0.2, 0.25) is 0 Å². The number of fused-ring (bicyclic) bond motifs is 1. The van der Waals surface area contributed by atoms with Crippen molar-refractivity contribution >= 4 is 34.1 Å². The molecule has 3 aliphatic rings. The minimum atomic E-state index is -1.02. The summed E-state index contributed by atoms with van der Waals surface area (Å²) in [5.74, 6) is -1.69. The maximum Gasteiger partial charge on any atom is 0.253 e. The zero-order chi connectivity index (χ0) is 51.6. The second-order valence-corrected chi connectivity index (χ2v) is 20.9. The normalized spacial score (nSPS) is 20.1. The Labute approximate surface area is 425 Å². The quantitative estimate of drug-likeness (QED) is 0.0815. The van der Waals surface area contributed by atoms with Crippen LogP contribution in [0, 0.1) is 28.9 Å². The number of nitrogen functional groups attached to an aromatic ring is 1. The molecule has 5 atom stereocenters. The minimum absolute atomic E-state index is 0.0535. The summed E-state index contributed by atoms with van der Waals surface area (Å²) in [6.45, 7) is 13.8. The predicted octanol–water partition coefficient (Wildman–Crippen LogP) is 7.15. The zero-order valence-corrected chi connectivity index (χ0v) is 42.4. The number of aryl methyl sites for hydroxylation is 1. The molecule has 0 unspecified atom stereocenters. The number of likely N-dealkylation sites (tertiary alicyclic amines) is 1. The van der Waals surface area contributed by atoms with Gasteiger partial charge in [-0.1, -0.05) is 41.4 Å². The molecule has 0 radical (unpaired) electrons. The molecule has 2 fully saturated rings. The number of aromatic hydroxyl groups is 1. The summed E-state index contributed by atoms with van der Waals surface area (Å²) in [5, 5.41) is 36.9. The number of hydrogen-bond acceptors (Lipinski definition) is 17. The van der Waals surface area contributed by atoms with Crippen molar-refractivity contribution in [3.63, 3.8) is 0 Å². The third-order valence-corrected chi connectivity index (χ3v) is 15.4. The molecule has 0 saturated carbocycles. The lowest BCUT2D eigenvalue weighted by molar-refractivity contribution is -0.142. The first-order valence-corrected chi connectivity index (χ1v) is 25.7. The van der Waals surface area contributed by atoms with E-state index in [1.54, 1.807) is 30.3 Å². The first-order valence-electron chi connectivity index (χ1n) is 24.9. The van der Waals surface area contributed by atoms with E-state index in [1.165, 1.54) is 40.4 Å². The number of anilines is 2. The van der Waals surface area contributed by atoms with Crippen molar-refractivity contribution in [2.24, 2.45) is 5.92 Å². The van der Waals surface area contributed by atoms with Crippen LogP contribution in [-0.4, -0.2) is 118 Å². The standard InChI is InChI=1S/C51H60F2N14O5S/c1-29(2)43(48(70)66-22-9-11-38(66)47(69)58-31(4)32-13-14-34(42(53)44(32)68)33-15-18-56-26-36(33)52)67-28-40(61-63-67)71-24-7-6-20-64-21-10-23-65(30(3)27-64)50-57-19-16-37(59-50)46-60-49(72-62-46)51(5)17-8-12-39-41(51)35(25-54)45(55)73-39/h13-16,18-19,26,28-31,38,43,68H,6-12,17,20-24,27,55H2,1-5H3,(H,58,69)/t30-,31-,38-,43-,51-/m0/s1. The van der Waals surface area contributed by atoms with Crippen LogP contribution in [0.4, 0.5) is 19.7 Å². The molecule has 384 valence electrons. The first kappa shape index (κ1) is 50.8. The molecule has 6 aromatic rings. The second-order valence-electron chi connectivity index (χ2n) is 19.7. The maximum atomic E-state index is 15.4. The largest absolute Gasteiger partial charge is 0.505 e. The van der Waals surface area contributed by atoms with E-state index in [1.807, 2.05) is 20.8 Å². The number of rotatable bonds is 16. The van der Waals surface area contributed by atoms with Crippen molar-refractivity contribution in [3.05, 3.63) is 88.1 Å². The van der Waals surface area contributed by atoms with Gasteiger partial charge in [-0.25, -0.2) is 23.4 Å². The first-order chi connectivity index (χ1) is 35.2. The van der Waals surface area contributed by atoms with E-state index in [4.69, 9.17) is 25.0 Å². The molecule has 2 saturated heterocycles. The molecular weight excluding hydrogens is 959 g/mol. The van der Waals surface area contributed by atoms with Crippen LogP contribution < -0.4 is 20.7 Å². The number of benzene rings is 1. The van der Waals surface area contributed by atoms with Gasteiger partial charge in [0.05, 0.1) is 36.0 Å². The van der Waals surface area contributed by atoms with Crippen LogP contribution in [0.1, 0.15) is 119 Å². The number of ether oxygens (including phenoxy) is 1. The van der Waals surface area contributed by atoms with E-state index in [9.17, 15) is 24.3 Å². The number of phenols is 1. The summed E-state index contributed by atoms with van der Waals surface area (Å²) in [5.41, 5.74) is 7.49. The topological polar surface area (TPSA) is 243 Å². The number of aromatic nitrogens is 8. The Bertz CT molecular complexity index is 3010. The molecule has 4 N–H and O–H groups in total. The summed E-state index contributed by atoms with van der Waals surface area (Å²) >= 11 is 1.47. The van der Waals surface area contributed by atoms with Gasteiger partial charge in [-0.15, -0.1) is 11.3 Å². The van der Waals surface area contributed by atoms with Crippen molar-refractivity contribution in [3.8, 4) is 40.3 Å². The number of nitriles is 1. The second kappa shape index (κ2) is 21.5. The predicted molar refractivity (Wildman–Crippen MR) is 267 cm³/mol. The number of nitrogens with two attached hydrogens (primary N) is 1. The third kappa shape index (κ3) is 10.3. The van der Waals surface area contributed by atoms with Gasteiger partial charge in [-0.3, -0.25) is 14.6 Å². The molecule has 22 heteroatoms. The molecule has 2 aliphatic heterocycles. The average Bonchev–Trinajstić information content (AvgIpc) is 4.20. The van der Waals surface area contributed by atoms with Crippen molar-refractivity contribution in [1.29, 1.82) is 5.26 Å². The monoisotopic (exact) mass is 1020 g/mol. The number of hydrogen-bond donors (Lipinski definition) is 3. The number of thiophene rings is 1. The molecule has 2 amide bonds. The smallest absolute Gasteiger partial charge is 0.253 e. The van der Waals surface area contributed by atoms with Crippen LogP contribution in [0.3, 0.4) is 0 Å². The van der Waals surface area contributed by atoms with Gasteiger partial charge in [-0.05, 0) is 103 Å². The number of amides is 2.